The van der Waals surface area contributed by atoms with Crippen molar-refractivity contribution in [1.82, 2.24) is 0 Å². The second kappa shape index (κ2) is 9.22. The summed E-state index contributed by atoms with van der Waals surface area (Å²) in [6.07, 6.45) is -0.719. The van der Waals surface area contributed by atoms with Crippen molar-refractivity contribution in [1.29, 1.82) is 0 Å². The number of nitrogens with one attached hydrogen (secondary N) is 2. The Morgan fingerprint density at radius 2 is 1.57 bits per heavy atom. The molecule has 0 heterocycles. The smallest absolute Gasteiger partial charge is 0.265 e. The zero-order valence-corrected chi connectivity index (χ0v) is 17.0. The molecule has 5 nitrogen and oxygen atoms in total. The van der Waals surface area contributed by atoms with Crippen molar-refractivity contribution in [3.8, 4) is 5.75 Å². The monoisotopic (exact) mass is 406 g/mol. The number of amides is 2. The Hall–Kier alpha value is -3.67. The molecule has 0 aliphatic carbocycles. The summed E-state index contributed by atoms with van der Waals surface area (Å²) in [7, 11) is 0. The Bertz CT molecular complexity index is 1050. The Morgan fingerprint density at radius 1 is 0.900 bits per heavy atom. The van der Waals surface area contributed by atoms with E-state index >= 15 is 0 Å². The summed E-state index contributed by atoms with van der Waals surface area (Å²) in [5, 5.41) is 5.57. The van der Waals surface area contributed by atoms with E-state index in [4.69, 9.17) is 4.74 Å². The van der Waals surface area contributed by atoms with Crippen molar-refractivity contribution in [3.63, 3.8) is 0 Å². The molecule has 3 aromatic carbocycles. The van der Waals surface area contributed by atoms with Gasteiger partial charge in [0.05, 0.1) is 0 Å². The lowest BCUT2D eigenvalue weighted by Crippen LogP contribution is -2.30. The van der Waals surface area contributed by atoms with Crippen LogP contribution in [-0.2, 0) is 4.79 Å². The lowest BCUT2D eigenvalue weighted by atomic mass is 10.1. The highest BCUT2D eigenvalue weighted by molar-refractivity contribution is 6.04. The molecule has 154 valence electrons. The Kier molecular flexibility index (Phi) is 6.47. The molecule has 0 unspecified atom stereocenters. The summed E-state index contributed by atoms with van der Waals surface area (Å²) >= 11 is 0. The average molecular weight is 406 g/mol. The molecule has 0 fully saturated rings. The fourth-order valence-corrected chi connectivity index (χ4v) is 2.78. The third kappa shape index (κ3) is 5.44. The molecule has 0 saturated carbocycles. The first-order chi connectivity index (χ1) is 14.3. The van der Waals surface area contributed by atoms with E-state index in [0.717, 1.165) is 16.8 Å². The molecule has 0 bridgehead atoms. The van der Waals surface area contributed by atoms with Crippen molar-refractivity contribution in [2.24, 2.45) is 0 Å². The van der Waals surface area contributed by atoms with Gasteiger partial charge in [0.15, 0.2) is 6.10 Å². The van der Waals surface area contributed by atoms with Crippen LogP contribution >= 0.6 is 0 Å². The van der Waals surface area contributed by atoms with Crippen molar-refractivity contribution < 1.29 is 18.7 Å². The number of anilines is 2. The molecule has 0 saturated heterocycles. The molecule has 3 rings (SSSR count). The second-order valence-corrected chi connectivity index (χ2v) is 7.05. The van der Waals surface area contributed by atoms with Gasteiger partial charge in [-0.25, -0.2) is 4.39 Å². The number of ether oxygens (including phenoxy) is 1. The maximum Gasteiger partial charge on any atom is 0.265 e. The van der Waals surface area contributed by atoms with Crippen molar-refractivity contribution >= 4 is 23.2 Å². The second-order valence-electron chi connectivity index (χ2n) is 7.05. The van der Waals surface area contributed by atoms with Gasteiger partial charge in [-0.2, -0.15) is 0 Å². The minimum absolute atomic E-state index is 0.262. The first-order valence-corrected chi connectivity index (χ1v) is 9.53. The van der Waals surface area contributed by atoms with Gasteiger partial charge in [-0.3, -0.25) is 9.59 Å². The molecule has 0 aliphatic heterocycles. The first kappa shape index (κ1) is 21.0. The molecule has 2 N–H and O–H groups in total. The highest BCUT2D eigenvalue weighted by atomic mass is 19.1. The number of halogens is 1. The fraction of sp³-hybridized carbons (Fsp3) is 0.167. The summed E-state index contributed by atoms with van der Waals surface area (Å²) < 4.78 is 18.7. The van der Waals surface area contributed by atoms with Gasteiger partial charge in [0.25, 0.3) is 11.8 Å². The van der Waals surface area contributed by atoms with Gasteiger partial charge in [-0.15, -0.1) is 0 Å². The van der Waals surface area contributed by atoms with Gasteiger partial charge < -0.3 is 15.4 Å². The van der Waals surface area contributed by atoms with E-state index in [0.29, 0.717) is 17.0 Å². The quantitative estimate of drug-likeness (QED) is 0.598. The van der Waals surface area contributed by atoms with Crippen molar-refractivity contribution in [2.45, 2.75) is 26.9 Å². The zero-order chi connectivity index (χ0) is 21.7. The van der Waals surface area contributed by atoms with Crippen LogP contribution in [0.5, 0.6) is 5.75 Å². The Balaban J connectivity index is 1.59. The van der Waals surface area contributed by atoms with Crippen LogP contribution in [0.15, 0.2) is 66.7 Å². The van der Waals surface area contributed by atoms with Gasteiger partial charge in [0, 0.05) is 16.9 Å². The van der Waals surface area contributed by atoms with Crippen molar-refractivity contribution in [2.75, 3.05) is 10.6 Å². The van der Waals surface area contributed by atoms with E-state index in [2.05, 4.69) is 10.6 Å². The van der Waals surface area contributed by atoms with Crippen LogP contribution in [0.25, 0.3) is 0 Å². The third-order valence-electron chi connectivity index (χ3n) is 4.55. The molecule has 0 spiro atoms. The molecular weight excluding hydrogens is 383 g/mol. The number of benzene rings is 3. The van der Waals surface area contributed by atoms with E-state index in [1.165, 1.54) is 24.3 Å². The van der Waals surface area contributed by atoms with Gasteiger partial charge in [0.1, 0.15) is 11.6 Å². The lowest BCUT2D eigenvalue weighted by Gasteiger charge is -2.16. The standard InChI is InChI=1S/C24H23FN2O3/c1-15-4-5-16(2)22(14-15)27-23(28)17(3)30-21-12-6-18(7-13-21)24(29)26-20-10-8-19(25)9-11-20/h4-14,17H,1-3H3,(H,26,29)(H,27,28)/t17-/m0/s1. The predicted molar refractivity (Wildman–Crippen MR) is 115 cm³/mol. The van der Waals surface area contributed by atoms with Crippen LogP contribution in [0, 0.1) is 19.7 Å². The summed E-state index contributed by atoms with van der Waals surface area (Å²) in [6, 6.07) is 17.8. The van der Waals surface area contributed by atoms with Gasteiger partial charge >= 0.3 is 0 Å². The first-order valence-electron chi connectivity index (χ1n) is 9.53. The maximum atomic E-state index is 13.0. The number of aryl methyl sites for hydroxylation is 2. The number of carbonyl (C=O) groups excluding carboxylic acids is 2. The zero-order valence-electron chi connectivity index (χ0n) is 17.0. The summed E-state index contributed by atoms with van der Waals surface area (Å²) in [5.74, 6) is -0.488. The van der Waals surface area contributed by atoms with Crippen LogP contribution in [0.4, 0.5) is 15.8 Å². The maximum absolute atomic E-state index is 13.0. The van der Waals surface area contributed by atoms with Crippen LogP contribution in [-0.4, -0.2) is 17.9 Å². The Labute approximate surface area is 174 Å². The summed E-state index contributed by atoms with van der Waals surface area (Å²) in [4.78, 5) is 24.7. The molecule has 0 radical (unpaired) electrons. The number of rotatable bonds is 6. The molecule has 2 amide bonds. The predicted octanol–water partition coefficient (Wildman–Crippen LogP) is 5.10. The van der Waals surface area contributed by atoms with E-state index in [9.17, 15) is 14.0 Å². The van der Waals surface area contributed by atoms with Gasteiger partial charge in [-0.05, 0) is 86.5 Å². The highest BCUT2D eigenvalue weighted by Crippen LogP contribution is 2.19. The fourth-order valence-electron chi connectivity index (χ4n) is 2.78. The van der Waals surface area contributed by atoms with Crippen LogP contribution in [0.1, 0.15) is 28.4 Å². The highest BCUT2D eigenvalue weighted by Gasteiger charge is 2.16. The molecule has 3 aromatic rings. The molecule has 30 heavy (non-hydrogen) atoms. The minimum atomic E-state index is -0.719. The van der Waals surface area contributed by atoms with Crippen LogP contribution in [0.2, 0.25) is 0 Å². The normalized spacial score (nSPS) is 11.5. The number of hydrogen-bond acceptors (Lipinski definition) is 3. The van der Waals surface area contributed by atoms with Crippen molar-refractivity contribution in [3.05, 3.63) is 89.2 Å². The lowest BCUT2D eigenvalue weighted by molar-refractivity contribution is -0.122. The van der Waals surface area contributed by atoms with E-state index in [-0.39, 0.29) is 17.6 Å². The largest absolute Gasteiger partial charge is 0.481 e. The third-order valence-corrected chi connectivity index (χ3v) is 4.55. The number of hydrogen-bond donors (Lipinski definition) is 2. The summed E-state index contributed by atoms with van der Waals surface area (Å²) in [6.45, 7) is 5.55. The number of carbonyl (C=O) groups is 2. The molecule has 0 aliphatic rings. The molecule has 1 atom stereocenters. The summed E-state index contributed by atoms with van der Waals surface area (Å²) in [5.41, 5.74) is 3.69. The molecular formula is C24H23FN2O3. The Morgan fingerprint density at radius 3 is 2.23 bits per heavy atom. The van der Waals surface area contributed by atoms with Crippen LogP contribution in [0.3, 0.4) is 0 Å². The van der Waals surface area contributed by atoms with E-state index in [1.54, 1.807) is 31.2 Å². The van der Waals surface area contributed by atoms with Crippen LogP contribution < -0.4 is 15.4 Å². The van der Waals surface area contributed by atoms with E-state index in [1.807, 2.05) is 32.0 Å². The van der Waals surface area contributed by atoms with Gasteiger partial charge in [-0.1, -0.05) is 12.1 Å². The average Bonchev–Trinajstić information content (AvgIpc) is 2.72. The molecule has 6 heteroatoms. The molecule has 0 aromatic heterocycles. The minimum Gasteiger partial charge on any atom is -0.481 e. The SMILES string of the molecule is Cc1ccc(C)c(NC(=O)[C@H](C)Oc2ccc(C(=O)Nc3ccc(F)cc3)cc2)c1. The van der Waals surface area contributed by atoms with E-state index < -0.39 is 6.10 Å². The topological polar surface area (TPSA) is 67.4 Å². The van der Waals surface area contributed by atoms with Gasteiger partial charge in [0.2, 0.25) is 0 Å².